The van der Waals surface area contributed by atoms with Crippen molar-refractivity contribution >= 4 is 43.3 Å². The van der Waals surface area contributed by atoms with Gasteiger partial charge in [0.05, 0.1) is 5.75 Å². The minimum Gasteiger partial charge on any atom is -1.00 e. The van der Waals surface area contributed by atoms with E-state index in [0.29, 0.717) is 24.3 Å². The summed E-state index contributed by atoms with van der Waals surface area (Å²) in [5, 5.41) is 1.96. The molecule has 0 aliphatic carbocycles. The summed E-state index contributed by atoms with van der Waals surface area (Å²) in [5.41, 5.74) is 15.0. The van der Waals surface area contributed by atoms with Crippen molar-refractivity contribution in [2.75, 3.05) is 17.2 Å². The predicted molar refractivity (Wildman–Crippen MR) is 90.4 cm³/mol. The first-order valence-corrected chi connectivity index (χ1v) is 8.48. The van der Waals surface area contributed by atoms with Gasteiger partial charge >= 0.3 is 29.6 Å². The fraction of sp³-hybridized carbons (Fsp3) is 0.200. The summed E-state index contributed by atoms with van der Waals surface area (Å²) in [5.74, 6) is -0.266. The van der Waals surface area contributed by atoms with Crippen molar-refractivity contribution in [1.82, 2.24) is 4.57 Å². The van der Waals surface area contributed by atoms with Crippen LogP contribution in [-0.4, -0.2) is 23.3 Å². The molecule has 0 bridgehead atoms. The summed E-state index contributed by atoms with van der Waals surface area (Å²) in [4.78, 5) is 0. The van der Waals surface area contributed by atoms with Crippen molar-refractivity contribution in [1.29, 1.82) is 0 Å². The molecule has 0 amide bonds. The van der Waals surface area contributed by atoms with E-state index in [1.807, 2.05) is 41.0 Å². The average Bonchev–Trinajstić information content (AvgIpc) is 2.71. The third kappa shape index (κ3) is 3.81. The minimum atomic E-state index is -3.95. The monoisotopic (exact) mass is 343 g/mol. The number of nitrogen functional groups attached to an aromatic ring is 2. The molecule has 1 heterocycles. The van der Waals surface area contributed by atoms with Gasteiger partial charge in [0.15, 0.2) is 0 Å². The molecule has 0 atom stereocenters. The van der Waals surface area contributed by atoms with Gasteiger partial charge in [-0.2, -0.15) is 8.42 Å². The molecule has 0 aliphatic heterocycles. The van der Waals surface area contributed by atoms with Crippen LogP contribution in [-0.2, 0) is 16.7 Å². The second kappa shape index (κ2) is 6.70. The molecule has 0 saturated carbocycles. The van der Waals surface area contributed by atoms with Crippen LogP contribution in [0.3, 0.4) is 0 Å². The SMILES string of the molecule is Nc1ccc2c(c1)c1cc(N)ccc1n2CCCS(=O)(=O)O.[H-].[Na+]. The smallest absolute Gasteiger partial charge is 1.00 e. The van der Waals surface area contributed by atoms with E-state index in [0.717, 1.165) is 21.8 Å². The van der Waals surface area contributed by atoms with Crippen LogP contribution in [0.1, 0.15) is 7.85 Å². The topological polar surface area (TPSA) is 111 Å². The zero-order valence-corrected chi connectivity index (χ0v) is 15.7. The molecule has 23 heavy (non-hydrogen) atoms. The molecule has 5 N–H and O–H groups in total. The third-order valence-electron chi connectivity index (χ3n) is 3.70. The summed E-state index contributed by atoms with van der Waals surface area (Å²) in [6.07, 6.45) is 0.326. The Morgan fingerprint density at radius 1 is 1.00 bits per heavy atom. The molecule has 0 fully saturated rings. The molecule has 118 valence electrons. The zero-order valence-electron chi connectivity index (χ0n) is 13.9. The molecular weight excluding hydrogens is 325 g/mol. The maximum Gasteiger partial charge on any atom is 1.00 e. The maximum absolute atomic E-state index is 10.9. The van der Waals surface area contributed by atoms with Crippen molar-refractivity contribution in [3.8, 4) is 0 Å². The molecule has 6 nitrogen and oxygen atoms in total. The van der Waals surface area contributed by atoms with Gasteiger partial charge in [-0.05, 0) is 42.8 Å². The van der Waals surface area contributed by atoms with Crippen LogP contribution in [0.2, 0.25) is 0 Å². The van der Waals surface area contributed by atoms with Crippen molar-refractivity contribution in [3.63, 3.8) is 0 Å². The number of aromatic nitrogens is 1. The fourth-order valence-corrected chi connectivity index (χ4v) is 3.28. The largest absolute Gasteiger partial charge is 1.00 e. The molecule has 8 heteroatoms. The van der Waals surface area contributed by atoms with E-state index >= 15 is 0 Å². The first-order valence-electron chi connectivity index (χ1n) is 6.87. The summed E-state index contributed by atoms with van der Waals surface area (Å²) in [6.45, 7) is 0.480. The molecular formula is C15H18N3NaO3S. The van der Waals surface area contributed by atoms with E-state index in [9.17, 15) is 8.42 Å². The summed E-state index contributed by atoms with van der Waals surface area (Å²) in [6, 6.07) is 11.2. The standard InChI is InChI=1S/C15H17N3O3S.Na.H/c16-10-2-4-14-12(8-10)13-9-11(17)3-5-15(13)18(14)6-1-7-22(19,20)21;;/h2-5,8-9H,1,6-7,16-17H2,(H,19,20,21);;/q;+1;-1. The summed E-state index contributed by atoms with van der Waals surface area (Å²) < 4.78 is 32.7. The normalized spacial score (nSPS) is 11.7. The van der Waals surface area contributed by atoms with Crippen LogP contribution >= 0.6 is 0 Å². The van der Waals surface area contributed by atoms with E-state index in [2.05, 4.69) is 0 Å². The molecule has 0 aliphatic rings. The van der Waals surface area contributed by atoms with E-state index in [-0.39, 0.29) is 36.7 Å². The van der Waals surface area contributed by atoms with Crippen LogP contribution in [0, 0.1) is 0 Å². The Labute approximate surface area is 158 Å². The number of anilines is 2. The molecule has 0 radical (unpaired) electrons. The second-order valence-electron chi connectivity index (χ2n) is 5.34. The number of nitrogens with zero attached hydrogens (tertiary/aromatic N) is 1. The number of hydrogen-bond acceptors (Lipinski definition) is 4. The van der Waals surface area contributed by atoms with Crippen molar-refractivity contribution in [2.24, 2.45) is 0 Å². The number of benzene rings is 2. The Bertz CT molecular complexity index is 914. The zero-order chi connectivity index (χ0) is 15.9. The summed E-state index contributed by atoms with van der Waals surface area (Å²) >= 11 is 0. The molecule has 2 aromatic carbocycles. The Balaban J connectivity index is 0.00000144. The van der Waals surface area contributed by atoms with Crippen LogP contribution < -0.4 is 41.0 Å². The van der Waals surface area contributed by atoms with Gasteiger partial charge in [-0.1, -0.05) is 0 Å². The Morgan fingerprint density at radius 3 is 1.91 bits per heavy atom. The van der Waals surface area contributed by atoms with Crippen LogP contribution in [0.4, 0.5) is 11.4 Å². The van der Waals surface area contributed by atoms with Gasteiger partial charge in [0.1, 0.15) is 0 Å². The van der Waals surface area contributed by atoms with Crippen LogP contribution in [0.15, 0.2) is 36.4 Å². The van der Waals surface area contributed by atoms with Crippen molar-refractivity contribution in [2.45, 2.75) is 13.0 Å². The minimum absolute atomic E-state index is 0. The first-order chi connectivity index (χ1) is 10.3. The van der Waals surface area contributed by atoms with Gasteiger partial charge in [-0.3, -0.25) is 4.55 Å². The maximum atomic E-state index is 10.9. The van der Waals surface area contributed by atoms with Crippen LogP contribution in [0.5, 0.6) is 0 Å². The van der Waals surface area contributed by atoms with Gasteiger partial charge in [-0.25, -0.2) is 0 Å². The third-order valence-corrected chi connectivity index (χ3v) is 4.50. The number of aryl methyl sites for hydroxylation is 1. The van der Waals surface area contributed by atoms with E-state index in [1.165, 1.54) is 0 Å². The van der Waals surface area contributed by atoms with E-state index < -0.39 is 10.1 Å². The number of fused-ring (bicyclic) bond motifs is 3. The van der Waals surface area contributed by atoms with E-state index in [4.69, 9.17) is 16.0 Å². The number of hydrogen-bond donors (Lipinski definition) is 3. The van der Waals surface area contributed by atoms with Gasteiger partial charge in [0, 0.05) is 39.7 Å². The summed E-state index contributed by atoms with van der Waals surface area (Å²) in [7, 11) is -3.95. The van der Waals surface area contributed by atoms with Gasteiger partial charge in [0.2, 0.25) is 0 Å². The quantitative estimate of drug-likeness (QED) is 0.331. The van der Waals surface area contributed by atoms with Crippen molar-refractivity contribution in [3.05, 3.63) is 36.4 Å². The molecule has 0 unspecified atom stereocenters. The molecule has 1 aromatic heterocycles. The fourth-order valence-electron chi connectivity index (χ4n) is 2.79. The number of rotatable bonds is 4. The van der Waals surface area contributed by atoms with Gasteiger partial charge in [0.25, 0.3) is 10.1 Å². The van der Waals surface area contributed by atoms with Gasteiger partial charge in [-0.15, -0.1) is 0 Å². The number of nitrogens with two attached hydrogens (primary N) is 2. The molecule has 3 rings (SSSR count). The molecule has 0 spiro atoms. The molecule has 0 saturated heterocycles. The Morgan fingerprint density at radius 2 is 1.48 bits per heavy atom. The predicted octanol–water partition coefficient (Wildman–Crippen LogP) is -0.647. The second-order valence-corrected chi connectivity index (χ2v) is 6.92. The Kier molecular flexibility index (Phi) is 5.27. The average molecular weight is 343 g/mol. The first kappa shape index (κ1) is 18.1. The van der Waals surface area contributed by atoms with Crippen molar-refractivity contribution < 1.29 is 44.0 Å². The van der Waals surface area contributed by atoms with Gasteiger partial charge < -0.3 is 17.5 Å². The molecule has 3 aromatic rings. The van der Waals surface area contributed by atoms with E-state index in [1.54, 1.807) is 0 Å². The Hall–Kier alpha value is -1.25. The van der Waals surface area contributed by atoms with Crippen LogP contribution in [0.25, 0.3) is 21.8 Å².